The molecule has 3 rings (SSSR count). The van der Waals surface area contributed by atoms with Gasteiger partial charge >= 0.3 is 0 Å². The molecule has 0 saturated carbocycles. The van der Waals surface area contributed by atoms with Crippen molar-refractivity contribution in [2.24, 2.45) is 0 Å². The fourth-order valence-electron chi connectivity index (χ4n) is 2.98. The number of hydrogen-bond donors (Lipinski definition) is 0. The van der Waals surface area contributed by atoms with Gasteiger partial charge in [0.15, 0.2) is 11.5 Å². The third-order valence-electron chi connectivity index (χ3n) is 4.34. The summed E-state index contributed by atoms with van der Waals surface area (Å²) in [7, 11) is 3.17. The van der Waals surface area contributed by atoms with Crippen LogP contribution in [0, 0.1) is 0 Å². The van der Waals surface area contributed by atoms with Gasteiger partial charge < -0.3 is 19.1 Å². The molecule has 1 amide bonds. The van der Waals surface area contributed by atoms with E-state index in [1.165, 1.54) is 0 Å². The second-order valence-corrected chi connectivity index (χ2v) is 6.16. The maximum absolute atomic E-state index is 12.5. The summed E-state index contributed by atoms with van der Waals surface area (Å²) in [5.74, 6) is 1.72. The monoisotopic (exact) mass is 369 g/mol. The first-order valence-electron chi connectivity index (χ1n) is 8.81. The average Bonchev–Trinajstić information content (AvgIpc) is 2.72. The van der Waals surface area contributed by atoms with Crippen molar-refractivity contribution in [3.63, 3.8) is 0 Å². The Labute approximate surface area is 158 Å². The molecule has 1 fully saturated rings. The zero-order valence-corrected chi connectivity index (χ0v) is 15.5. The van der Waals surface area contributed by atoms with Crippen LogP contribution in [0.5, 0.6) is 17.4 Å². The van der Waals surface area contributed by atoms with E-state index >= 15 is 0 Å². The first-order chi connectivity index (χ1) is 13.2. The zero-order chi connectivity index (χ0) is 19.1. The molecule has 0 bridgehead atoms. The highest BCUT2D eigenvalue weighted by Crippen LogP contribution is 2.28. The number of nitrogens with zero attached hydrogens (tertiary/aromatic N) is 3. The molecule has 1 aliphatic rings. The summed E-state index contributed by atoms with van der Waals surface area (Å²) in [4.78, 5) is 22.5. The molecule has 0 spiro atoms. The fraction of sp³-hybridized carbons (Fsp3) is 0.350. The lowest BCUT2D eigenvalue weighted by molar-refractivity contribution is -0.128. The van der Waals surface area contributed by atoms with Crippen molar-refractivity contribution in [3.8, 4) is 17.4 Å². The third kappa shape index (κ3) is 4.97. The maximum atomic E-state index is 12.5. The van der Waals surface area contributed by atoms with Crippen LogP contribution in [-0.2, 0) is 4.79 Å². The highest BCUT2D eigenvalue weighted by atomic mass is 16.5. The Bertz CT molecular complexity index is 795. The predicted molar refractivity (Wildman–Crippen MR) is 101 cm³/mol. The standard InChI is InChI=1S/C20H23N3O4/c1-25-17-7-5-15(12-18(17)26-2)6-8-20(24)23-11-3-4-16(14-23)27-19-13-21-9-10-22-19/h5-10,12-13,16H,3-4,11,14H2,1-2H3/b8-6+/t16-/m1/s1. The van der Waals surface area contributed by atoms with Crippen LogP contribution in [0.15, 0.2) is 42.9 Å². The van der Waals surface area contributed by atoms with Gasteiger partial charge in [-0.25, -0.2) is 4.98 Å². The first-order valence-corrected chi connectivity index (χ1v) is 8.81. The number of benzene rings is 1. The van der Waals surface area contributed by atoms with E-state index in [0.29, 0.717) is 23.9 Å². The van der Waals surface area contributed by atoms with Crippen LogP contribution >= 0.6 is 0 Å². The third-order valence-corrected chi connectivity index (χ3v) is 4.34. The van der Waals surface area contributed by atoms with Gasteiger partial charge in [-0.15, -0.1) is 0 Å². The van der Waals surface area contributed by atoms with Crippen LogP contribution in [0.2, 0.25) is 0 Å². The van der Waals surface area contributed by atoms with Gasteiger partial charge in [0.1, 0.15) is 6.10 Å². The minimum absolute atomic E-state index is 0.0442. The maximum Gasteiger partial charge on any atom is 0.246 e. The van der Waals surface area contributed by atoms with Gasteiger partial charge in [0, 0.05) is 25.0 Å². The van der Waals surface area contributed by atoms with Gasteiger partial charge in [-0.05, 0) is 36.6 Å². The Morgan fingerprint density at radius 2 is 2.07 bits per heavy atom. The molecule has 142 valence electrons. The zero-order valence-electron chi connectivity index (χ0n) is 15.5. The quantitative estimate of drug-likeness (QED) is 0.729. The van der Waals surface area contributed by atoms with Crippen molar-refractivity contribution in [2.45, 2.75) is 18.9 Å². The summed E-state index contributed by atoms with van der Waals surface area (Å²) in [6.45, 7) is 1.25. The number of aromatic nitrogens is 2. The largest absolute Gasteiger partial charge is 0.493 e. The van der Waals surface area contributed by atoms with Crippen molar-refractivity contribution in [1.82, 2.24) is 14.9 Å². The minimum Gasteiger partial charge on any atom is -0.493 e. The van der Waals surface area contributed by atoms with Crippen LogP contribution in [0.1, 0.15) is 18.4 Å². The summed E-state index contributed by atoms with van der Waals surface area (Å²) in [5.41, 5.74) is 0.866. The van der Waals surface area contributed by atoms with Gasteiger partial charge in [0.2, 0.25) is 11.8 Å². The number of carbonyl (C=O) groups is 1. The number of ether oxygens (including phenoxy) is 3. The molecule has 7 nitrogen and oxygen atoms in total. The topological polar surface area (TPSA) is 73.8 Å². The molecule has 1 atom stereocenters. The van der Waals surface area contributed by atoms with Crippen LogP contribution < -0.4 is 14.2 Å². The van der Waals surface area contributed by atoms with Crippen molar-refractivity contribution in [1.29, 1.82) is 0 Å². The number of hydrogen-bond acceptors (Lipinski definition) is 6. The summed E-state index contributed by atoms with van der Waals surface area (Å²) < 4.78 is 16.3. The molecule has 1 aromatic carbocycles. The van der Waals surface area contributed by atoms with E-state index in [-0.39, 0.29) is 12.0 Å². The first kappa shape index (κ1) is 18.7. The Hall–Kier alpha value is -3.09. The van der Waals surface area contributed by atoms with Crippen molar-refractivity contribution in [3.05, 3.63) is 48.4 Å². The minimum atomic E-state index is -0.0751. The van der Waals surface area contributed by atoms with Gasteiger partial charge in [-0.2, -0.15) is 0 Å². The van der Waals surface area contributed by atoms with Gasteiger partial charge in [-0.1, -0.05) is 6.07 Å². The molecule has 1 aliphatic heterocycles. The molecule has 0 radical (unpaired) electrons. The summed E-state index contributed by atoms with van der Waals surface area (Å²) in [6.07, 6.45) is 9.82. The molecule has 0 aliphatic carbocycles. The highest BCUT2D eigenvalue weighted by molar-refractivity contribution is 5.92. The van der Waals surface area contributed by atoms with Crippen molar-refractivity contribution >= 4 is 12.0 Å². The fourth-order valence-corrected chi connectivity index (χ4v) is 2.98. The average molecular weight is 369 g/mol. The van der Waals surface area contributed by atoms with Crippen LogP contribution in [0.3, 0.4) is 0 Å². The Morgan fingerprint density at radius 3 is 2.81 bits per heavy atom. The number of rotatable bonds is 6. The van der Waals surface area contributed by atoms with Crippen molar-refractivity contribution < 1.29 is 19.0 Å². The van der Waals surface area contributed by atoms with Crippen LogP contribution in [0.4, 0.5) is 0 Å². The summed E-state index contributed by atoms with van der Waals surface area (Å²) in [5, 5.41) is 0. The van der Waals surface area contributed by atoms with Crippen molar-refractivity contribution in [2.75, 3.05) is 27.3 Å². The second kappa shape index (κ2) is 9.02. The summed E-state index contributed by atoms with van der Waals surface area (Å²) >= 11 is 0. The Morgan fingerprint density at radius 1 is 1.22 bits per heavy atom. The number of methoxy groups -OCH3 is 2. The van der Waals surface area contributed by atoms with E-state index in [4.69, 9.17) is 14.2 Å². The molecule has 1 saturated heterocycles. The molecular formula is C20H23N3O4. The van der Waals surface area contributed by atoms with Gasteiger partial charge in [0.05, 0.1) is 27.0 Å². The normalized spacial score (nSPS) is 17.0. The Kier molecular flexibility index (Phi) is 6.25. The van der Waals surface area contributed by atoms with Gasteiger partial charge in [0.25, 0.3) is 0 Å². The molecule has 7 heteroatoms. The lowest BCUT2D eigenvalue weighted by Crippen LogP contribution is -2.43. The smallest absolute Gasteiger partial charge is 0.246 e. The number of amides is 1. The van der Waals surface area contributed by atoms with E-state index < -0.39 is 0 Å². The Balaban J connectivity index is 1.61. The SMILES string of the molecule is COc1ccc(/C=C/C(=O)N2CCC[C@@H](Oc3cnccn3)C2)cc1OC. The molecule has 0 unspecified atom stereocenters. The van der Waals surface area contributed by atoms with E-state index in [1.807, 2.05) is 18.2 Å². The predicted octanol–water partition coefficient (Wildman–Crippen LogP) is 2.58. The number of carbonyl (C=O) groups excluding carboxylic acids is 1. The van der Waals surface area contributed by atoms with E-state index in [0.717, 1.165) is 24.9 Å². The summed E-state index contributed by atoms with van der Waals surface area (Å²) in [6, 6.07) is 5.52. The van der Waals surface area contributed by atoms with E-state index in [9.17, 15) is 4.79 Å². The molecule has 1 aromatic heterocycles. The molecular weight excluding hydrogens is 346 g/mol. The van der Waals surface area contributed by atoms with Crippen LogP contribution in [0.25, 0.3) is 6.08 Å². The van der Waals surface area contributed by atoms with Crippen LogP contribution in [-0.4, -0.2) is 54.2 Å². The number of piperidine rings is 1. The molecule has 2 aromatic rings. The highest BCUT2D eigenvalue weighted by Gasteiger charge is 2.24. The van der Waals surface area contributed by atoms with Gasteiger partial charge in [-0.3, -0.25) is 9.78 Å². The lowest BCUT2D eigenvalue weighted by Gasteiger charge is -2.31. The van der Waals surface area contributed by atoms with E-state index in [1.54, 1.807) is 49.9 Å². The van der Waals surface area contributed by atoms with E-state index in [2.05, 4.69) is 9.97 Å². The molecule has 27 heavy (non-hydrogen) atoms. The number of likely N-dealkylation sites (tertiary alicyclic amines) is 1. The second-order valence-electron chi connectivity index (χ2n) is 6.16. The molecule has 2 heterocycles. The lowest BCUT2D eigenvalue weighted by atomic mass is 10.1. The molecule has 0 N–H and O–H groups in total.